The Morgan fingerprint density at radius 2 is 1.89 bits per heavy atom. The van der Waals surface area contributed by atoms with Gasteiger partial charge < -0.3 is 14.1 Å². The van der Waals surface area contributed by atoms with Gasteiger partial charge in [-0.2, -0.15) is 0 Å². The normalized spacial score (nSPS) is 18.6. The molecule has 3 aromatic rings. The van der Waals surface area contributed by atoms with Crippen LogP contribution in [0.1, 0.15) is 11.3 Å². The van der Waals surface area contributed by atoms with Gasteiger partial charge in [-0.15, -0.1) is 0 Å². The van der Waals surface area contributed by atoms with Crippen LogP contribution in [0.15, 0.2) is 81.2 Å². The number of carbonyl (C=O) groups excluding carboxylic acids is 1. The third kappa shape index (κ3) is 5.13. The number of anilines is 1. The summed E-state index contributed by atoms with van der Waals surface area (Å²) in [5, 5.41) is 12.3. The van der Waals surface area contributed by atoms with Crippen LogP contribution in [0.4, 0.5) is 17.1 Å². The molecular formula is C25H22N4O5S. The lowest BCUT2D eigenvalue weighted by molar-refractivity contribution is -0.384. The zero-order valence-electron chi connectivity index (χ0n) is 18.7. The standard InChI is InChI=1S/C25H22N4O5S/c30-24-23(16-18-8-9-21(22(15-18)29(31)32)27-10-13-33-14-11-27)35-25(26-19-5-2-1-3-6-19)28(24)17-20-7-4-12-34-20/h1-9,12,15-16H,10-11,13-14,17H2. The number of amidine groups is 1. The lowest BCUT2D eigenvalue weighted by atomic mass is 10.1. The Morgan fingerprint density at radius 1 is 1.09 bits per heavy atom. The highest BCUT2D eigenvalue weighted by Gasteiger charge is 2.34. The fraction of sp³-hybridized carbons (Fsp3) is 0.200. The zero-order chi connectivity index (χ0) is 24.2. The Hall–Kier alpha value is -3.89. The number of amides is 1. The number of para-hydroxylation sites is 1. The van der Waals surface area contributed by atoms with Gasteiger partial charge in [-0.25, -0.2) is 4.99 Å². The van der Waals surface area contributed by atoms with Crippen molar-refractivity contribution in [1.82, 2.24) is 4.90 Å². The number of rotatable bonds is 6. The average Bonchev–Trinajstić information content (AvgIpc) is 3.49. The van der Waals surface area contributed by atoms with E-state index in [-0.39, 0.29) is 23.1 Å². The zero-order valence-corrected chi connectivity index (χ0v) is 19.5. The van der Waals surface area contributed by atoms with Crippen molar-refractivity contribution < 1.29 is 18.9 Å². The molecule has 0 spiro atoms. The molecule has 0 radical (unpaired) electrons. The lowest BCUT2D eigenvalue weighted by Gasteiger charge is -2.28. The molecule has 2 fully saturated rings. The Morgan fingerprint density at radius 3 is 2.60 bits per heavy atom. The van der Waals surface area contributed by atoms with E-state index in [1.165, 1.54) is 17.8 Å². The van der Waals surface area contributed by atoms with Crippen molar-refractivity contribution in [3.8, 4) is 0 Å². The van der Waals surface area contributed by atoms with Crippen LogP contribution in [0.3, 0.4) is 0 Å². The van der Waals surface area contributed by atoms with Crippen LogP contribution in [0.5, 0.6) is 0 Å². The summed E-state index contributed by atoms with van der Waals surface area (Å²) < 4.78 is 10.8. The summed E-state index contributed by atoms with van der Waals surface area (Å²) in [5.74, 6) is 0.396. The summed E-state index contributed by atoms with van der Waals surface area (Å²) in [6, 6.07) is 18.0. The minimum atomic E-state index is -0.387. The number of thioether (sulfide) groups is 1. The maximum Gasteiger partial charge on any atom is 0.293 e. The molecule has 5 rings (SSSR count). The van der Waals surface area contributed by atoms with Crippen LogP contribution in [0.2, 0.25) is 0 Å². The van der Waals surface area contributed by atoms with E-state index in [0.717, 1.165) is 5.69 Å². The van der Waals surface area contributed by atoms with E-state index in [4.69, 9.17) is 9.15 Å². The van der Waals surface area contributed by atoms with Crippen molar-refractivity contribution in [1.29, 1.82) is 0 Å². The van der Waals surface area contributed by atoms with E-state index in [1.54, 1.807) is 41.5 Å². The van der Waals surface area contributed by atoms with Crippen LogP contribution in [-0.4, -0.2) is 47.2 Å². The molecule has 2 aliphatic rings. The average molecular weight is 491 g/mol. The number of ether oxygens (including phenoxy) is 1. The van der Waals surface area contributed by atoms with Crippen molar-refractivity contribution in [2.24, 2.45) is 4.99 Å². The molecule has 10 heteroatoms. The first-order valence-corrected chi connectivity index (χ1v) is 11.9. The van der Waals surface area contributed by atoms with Gasteiger partial charge in [0, 0.05) is 19.2 Å². The second-order valence-corrected chi connectivity index (χ2v) is 8.93. The maximum atomic E-state index is 13.3. The molecule has 0 N–H and O–H groups in total. The number of furan rings is 1. The van der Waals surface area contributed by atoms with Crippen molar-refractivity contribution in [3.63, 3.8) is 0 Å². The molecule has 178 valence electrons. The van der Waals surface area contributed by atoms with Crippen LogP contribution in [0, 0.1) is 10.1 Å². The minimum Gasteiger partial charge on any atom is -0.467 e. The second kappa shape index (κ2) is 10.2. The molecule has 0 atom stereocenters. The Bertz CT molecular complexity index is 1280. The highest BCUT2D eigenvalue weighted by molar-refractivity contribution is 8.18. The lowest BCUT2D eigenvalue weighted by Crippen LogP contribution is -2.36. The van der Waals surface area contributed by atoms with Crippen LogP contribution in [0.25, 0.3) is 6.08 Å². The van der Waals surface area contributed by atoms with Gasteiger partial charge in [-0.3, -0.25) is 19.8 Å². The first-order chi connectivity index (χ1) is 17.1. The number of carbonyl (C=O) groups is 1. The van der Waals surface area contributed by atoms with Gasteiger partial charge in [0.15, 0.2) is 5.17 Å². The number of aliphatic imine (C=N–C) groups is 1. The second-order valence-electron chi connectivity index (χ2n) is 7.92. The van der Waals surface area contributed by atoms with Crippen molar-refractivity contribution in [2.75, 3.05) is 31.2 Å². The third-order valence-corrected chi connectivity index (χ3v) is 6.62. The van der Waals surface area contributed by atoms with Crippen LogP contribution >= 0.6 is 11.8 Å². The molecule has 0 aliphatic carbocycles. The van der Waals surface area contributed by atoms with E-state index >= 15 is 0 Å². The van der Waals surface area contributed by atoms with Crippen molar-refractivity contribution in [2.45, 2.75) is 6.54 Å². The predicted molar refractivity (Wildman–Crippen MR) is 134 cm³/mol. The summed E-state index contributed by atoms with van der Waals surface area (Å²) in [7, 11) is 0. The summed E-state index contributed by atoms with van der Waals surface area (Å²) in [6.45, 7) is 2.48. The monoisotopic (exact) mass is 490 g/mol. The number of nitro benzene ring substituents is 1. The van der Waals surface area contributed by atoms with E-state index in [2.05, 4.69) is 4.99 Å². The predicted octanol–water partition coefficient (Wildman–Crippen LogP) is 4.83. The first kappa shape index (κ1) is 22.9. The van der Waals surface area contributed by atoms with Crippen LogP contribution < -0.4 is 4.90 Å². The smallest absolute Gasteiger partial charge is 0.293 e. The van der Waals surface area contributed by atoms with Gasteiger partial charge in [0.2, 0.25) is 0 Å². The molecule has 2 saturated heterocycles. The van der Waals surface area contributed by atoms with Gasteiger partial charge in [0.05, 0.1) is 41.5 Å². The number of hydrogen-bond acceptors (Lipinski definition) is 8. The summed E-state index contributed by atoms with van der Waals surface area (Å²) in [5.41, 5.74) is 1.85. The fourth-order valence-corrected chi connectivity index (χ4v) is 4.90. The van der Waals surface area contributed by atoms with Gasteiger partial charge in [0.25, 0.3) is 11.6 Å². The summed E-state index contributed by atoms with van der Waals surface area (Å²) >= 11 is 1.23. The number of benzene rings is 2. The Balaban J connectivity index is 1.47. The third-order valence-electron chi connectivity index (χ3n) is 5.61. The number of hydrogen-bond donors (Lipinski definition) is 0. The highest BCUT2D eigenvalue weighted by atomic mass is 32.2. The molecule has 0 bridgehead atoms. The Labute approximate surface area is 205 Å². The quantitative estimate of drug-likeness (QED) is 0.277. The molecule has 2 aromatic carbocycles. The topological polar surface area (TPSA) is 101 Å². The minimum absolute atomic E-state index is 0.00214. The number of nitrogens with zero attached hydrogens (tertiary/aromatic N) is 4. The van der Waals surface area contributed by atoms with E-state index < -0.39 is 0 Å². The highest BCUT2D eigenvalue weighted by Crippen LogP contribution is 2.37. The Kier molecular flexibility index (Phi) is 6.64. The maximum absolute atomic E-state index is 13.3. The van der Waals surface area contributed by atoms with Gasteiger partial charge in [0.1, 0.15) is 11.4 Å². The van der Waals surface area contributed by atoms with Crippen molar-refractivity contribution >= 4 is 46.0 Å². The molecular weight excluding hydrogens is 468 g/mol. The molecule has 0 saturated carbocycles. The van der Waals surface area contributed by atoms with E-state index in [9.17, 15) is 14.9 Å². The first-order valence-electron chi connectivity index (χ1n) is 11.1. The van der Waals surface area contributed by atoms with E-state index in [0.29, 0.717) is 53.4 Å². The fourth-order valence-electron chi connectivity index (χ4n) is 3.90. The van der Waals surface area contributed by atoms with Crippen molar-refractivity contribution in [3.05, 3.63) is 93.3 Å². The molecule has 2 aliphatic heterocycles. The largest absolute Gasteiger partial charge is 0.467 e. The molecule has 35 heavy (non-hydrogen) atoms. The van der Waals surface area contributed by atoms with Gasteiger partial charge >= 0.3 is 0 Å². The summed E-state index contributed by atoms with van der Waals surface area (Å²) in [4.78, 5) is 33.4. The number of nitro groups is 1. The SMILES string of the molecule is O=C1C(=Cc2ccc(N3CCOCC3)c([N+](=O)[O-])c2)SC(=Nc2ccccc2)N1Cc1ccco1. The number of morpholine rings is 1. The molecule has 1 amide bonds. The van der Waals surface area contributed by atoms with Gasteiger partial charge in [-0.1, -0.05) is 24.3 Å². The molecule has 3 heterocycles. The van der Waals surface area contributed by atoms with E-state index in [1.807, 2.05) is 35.2 Å². The van der Waals surface area contributed by atoms with Crippen LogP contribution in [-0.2, 0) is 16.1 Å². The molecule has 9 nitrogen and oxygen atoms in total. The molecule has 0 unspecified atom stereocenters. The summed E-state index contributed by atoms with van der Waals surface area (Å²) in [6.07, 6.45) is 3.23. The molecule has 1 aromatic heterocycles. The van der Waals surface area contributed by atoms with Gasteiger partial charge in [-0.05, 0) is 53.7 Å².